The van der Waals surface area contributed by atoms with Crippen molar-refractivity contribution in [3.05, 3.63) is 34.1 Å². The van der Waals surface area contributed by atoms with E-state index in [-0.39, 0.29) is 5.97 Å². The fourth-order valence-electron chi connectivity index (χ4n) is 2.07. The van der Waals surface area contributed by atoms with Crippen molar-refractivity contribution >= 4 is 29.2 Å². The summed E-state index contributed by atoms with van der Waals surface area (Å²) in [5.74, 6) is 1.17. The van der Waals surface area contributed by atoms with Gasteiger partial charge in [0.1, 0.15) is 5.82 Å². The summed E-state index contributed by atoms with van der Waals surface area (Å²) >= 11 is 12.0. The van der Waals surface area contributed by atoms with E-state index in [9.17, 15) is 4.79 Å². The second-order valence-electron chi connectivity index (χ2n) is 4.74. The molecule has 0 saturated heterocycles. The van der Waals surface area contributed by atoms with E-state index >= 15 is 0 Å². The quantitative estimate of drug-likeness (QED) is 0.747. The fourth-order valence-corrected chi connectivity index (χ4v) is 2.36. The predicted molar refractivity (Wildman–Crippen MR) is 86.1 cm³/mol. The SMILES string of the molecule is CCOC(=O)CCCn1nc(C)nc1-c1ccc(Cl)c(Cl)c1. The van der Waals surface area contributed by atoms with Gasteiger partial charge in [0.05, 0.1) is 16.7 Å². The number of halogens is 2. The highest BCUT2D eigenvalue weighted by molar-refractivity contribution is 6.42. The standard InChI is InChI=1S/C15H17Cl2N3O2/c1-3-22-14(21)5-4-8-20-15(18-10(2)19-20)11-6-7-12(16)13(17)9-11/h6-7,9H,3-5,8H2,1-2H3. The Morgan fingerprint density at radius 1 is 1.32 bits per heavy atom. The van der Waals surface area contributed by atoms with Gasteiger partial charge >= 0.3 is 5.97 Å². The van der Waals surface area contributed by atoms with E-state index in [0.29, 0.717) is 47.7 Å². The van der Waals surface area contributed by atoms with Crippen molar-refractivity contribution in [2.24, 2.45) is 0 Å². The lowest BCUT2D eigenvalue weighted by atomic mass is 10.2. The molecule has 2 rings (SSSR count). The van der Waals surface area contributed by atoms with Gasteiger partial charge in [0.2, 0.25) is 0 Å². The zero-order chi connectivity index (χ0) is 16.1. The molecule has 0 aliphatic heterocycles. The second-order valence-corrected chi connectivity index (χ2v) is 5.56. The Balaban J connectivity index is 2.12. The topological polar surface area (TPSA) is 57.0 Å². The first kappa shape index (κ1) is 16.8. The van der Waals surface area contributed by atoms with Crippen molar-refractivity contribution in [2.45, 2.75) is 33.2 Å². The minimum absolute atomic E-state index is 0.199. The zero-order valence-electron chi connectivity index (χ0n) is 12.5. The van der Waals surface area contributed by atoms with Gasteiger partial charge < -0.3 is 4.74 Å². The Labute approximate surface area is 139 Å². The first-order chi connectivity index (χ1) is 10.5. The van der Waals surface area contributed by atoms with E-state index in [1.165, 1.54) is 0 Å². The lowest BCUT2D eigenvalue weighted by Crippen LogP contribution is -2.08. The molecule has 5 nitrogen and oxygen atoms in total. The summed E-state index contributed by atoms with van der Waals surface area (Å²) in [4.78, 5) is 15.8. The summed E-state index contributed by atoms with van der Waals surface area (Å²) in [7, 11) is 0. The van der Waals surface area contributed by atoms with Crippen molar-refractivity contribution in [1.82, 2.24) is 14.8 Å². The predicted octanol–water partition coefficient (Wildman–Crippen LogP) is 3.90. The third-order valence-electron chi connectivity index (χ3n) is 3.01. The highest BCUT2D eigenvalue weighted by Crippen LogP contribution is 2.27. The van der Waals surface area contributed by atoms with Gasteiger partial charge in [-0.3, -0.25) is 4.79 Å². The average Bonchev–Trinajstić information content (AvgIpc) is 2.83. The molecule has 0 radical (unpaired) electrons. The average molecular weight is 342 g/mol. The summed E-state index contributed by atoms with van der Waals surface area (Å²) in [6, 6.07) is 5.33. The molecule has 0 fully saturated rings. The molecule has 0 unspecified atom stereocenters. The Kier molecular flexibility index (Phi) is 5.80. The van der Waals surface area contributed by atoms with E-state index in [1.54, 1.807) is 23.7 Å². The highest BCUT2D eigenvalue weighted by atomic mass is 35.5. The van der Waals surface area contributed by atoms with Crippen LogP contribution in [0.3, 0.4) is 0 Å². The van der Waals surface area contributed by atoms with Crippen molar-refractivity contribution in [1.29, 1.82) is 0 Å². The molecule has 1 aromatic carbocycles. The normalized spacial score (nSPS) is 10.7. The summed E-state index contributed by atoms with van der Waals surface area (Å²) in [5, 5.41) is 5.33. The minimum Gasteiger partial charge on any atom is -0.466 e. The van der Waals surface area contributed by atoms with Crippen molar-refractivity contribution < 1.29 is 9.53 Å². The minimum atomic E-state index is -0.199. The van der Waals surface area contributed by atoms with Crippen LogP contribution in [0.15, 0.2) is 18.2 Å². The number of carbonyl (C=O) groups excluding carboxylic acids is 1. The molecule has 22 heavy (non-hydrogen) atoms. The maximum atomic E-state index is 11.4. The van der Waals surface area contributed by atoms with Gasteiger partial charge in [-0.25, -0.2) is 9.67 Å². The lowest BCUT2D eigenvalue weighted by Gasteiger charge is -2.07. The van der Waals surface area contributed by atoms with Crippen LogP contribution in [-0.4, -0.2) is 27.3 Å². The monoisotopic (exact) mass is 341 g/mol. The first-order valence-electron chi connectivity index (χ1n) is 7.03. The molecule has 1 heterocycles. The molecule has 0 N–H and O–H groups in total. The van der Waals surface area contributed by atoms with Gasteiger partial charge in [0.15, 0.2) is 5.82 Å². The Bertz CT molecular complexity index is 671. The van der Waals surface area contributed by atoms with Crippen LogP contribution in [0.25, 0.3) is 11.4 Å². The number of carbonyl (C=O) groups is 1. The summed E-state index contributed by atoms with van der Waals surface area (Å²) in [6.07, 6.45) is 0.990. The van der Waals surface area contributed by atoms with E-state index in [1.807, 2.05) is 13.0 Å². The molecule has 0 aliphatic rings. The Morgan fingerprint density at radius 2 is 2.09 bits per heavy atom. The maximum Gasteiger partial charge on any atom is 0.305 e. The number of benzene rings is 1. The molecule has 0 bridgehead atoms. The first-order valence-corrected chi connectivity index (χ1v) is 7.79. The van der Waals surface area contributed by atoms with E-state index in [4.69, 9.17) is 27.9 Å². The van der Waals surface area contributed by atoms with E-state index in [0.717, 1.165) is 5.56 Å². The summed E-state index contributed by atoms with van der Waals surface area (Å²) in [6.45, 7) is 4.59. The molecule has 0 aliphatic carbocycles. The van der Waals surface area contributed by atoms with Crippen LogP contribution in [0.2, 0.25) is 10.0 Å². The number of aromatic nitrogens is 3. The van der Waals surface area contributed by atoms with Crippen LogP contribution in [0.1, 0.15) is 25.6 Å². The van der Waals surface area contributed by atoms with Crippen LogP contribution < -0.4 is 0 Å². The van der Waals surface area contributed by atoms with E-state index < -0.39 is 0 Å². The van der Waals surface area contributed by atoms with Crippen LogP contribution in [0, 0.1) is 6.92 Å². The molecule has 2 aromatic rings. The van der Waals surface area contributed by atoms with Gasteiger partial charge in [-0.1, -0.05) is 23.2 Å². The Hall–Kier alpha value is -1.59. The smallest absolute Gasteiger partial charge is 0.305 e. The maximum absolute atomic E-state index is 11.4. The van der Waals surface area contributed by atoms with Crippen LogP contribution in [0.4, 0.5) is 0 Å². The fraction of sp³-hybridized carbons (Fsp3) is 0.400. The molecule has 7 heteroatoms. The Morgan fingerprint density at radius 3 is 2.77 bits per heavy atom. The van der Waals surface area contributed by atoms with E-state index in [2.05, 4.69) is 10.1 Å². The van der Waals surface area contributed by atoms with Gasteiger partial charge in [-0.2, -0.15) is 5.10 Å². The summed E-state index contributed by atoms with van der Waals surface area (Å²) < 4.78 is 6.68. The number of hydrogen-bond acceptors (Lipinski definition) is 4. The van der Waals surface area contributed by atoms with Gasteiger partial charge in [0.25, 0.3) is 0 Å². The van der Waals surface area contributed by atoms with Gasteiger partial charge in [-0.05, 0) is 38.5 Å². The van der Waals surface area contributed by atoms with Crippen molar-refractivity contribution in [3.63, 3.8) is 0 Å². The van der Waals surface area contributed by atoms with Crippen LogP contribution in [0.5, 0.6) is 0 Å². The number of aryl methyl sites for hydroxylation is 2. The molecule has 0 atom stereocenters. The van der Waals surface area contributed by atoms with Gasteiger partial charge in [0, 0.05) is 18.5 Å². The number of esters is 1. The molecule has 118 valence electrons. The zero-order valence-corrected chi connectivity index (χ0v) is 14.0. The number of nitrogens with zero attached hydrogens (tertiary/aromatic N) is 3. The number of ether oxygens (including phenoxy) is 1. The summed E-state index contributed by atoms with van der Waals surface area (Å²) in [5.41, 5.74) is 0.839. The van der Waals surface area contributed by atoms with Crippen molar-refractivity contribution in [3.8, 4) is 11.4 Å². The molecular formula is C15H17Cl2N3O2. The largest absolute Gasteiger partial charge is 0.466 e. The van der Waals surface area contributed by atoms with Crippen LogP contribution in [-0.2, 0) is 16.1 Å². The molecule has 0 amide bonds. The molecule has 0 saturated carbocycles. The number of hydrogen-bond donors (Lipinski definition) is 0. The molecular weight excluding hydrogens is 325 g/mol. The highest BCUT2D eigenvalue weighted by Gasteiger charge is 2.12. The molecule has 1 aromatic heterocycles. The van der Waals surface area contributed by atoms with Crippen LogP contribution >= 0.6 is 23.2 Å². The third-order valence-corrected chi connectivity index (χ3v) is 3.75. The second kappa shape index (κ2) is 7.61. The van der Waals surface area contributed by atoms with Crippen molar-refractivity contribution in [2.75, 3.05) is 6.61 Å². The number of rotatable bonds is 6. The lowest BCUT2D eigenvalue weighted by molar-refractivity contribution is -0.143. The molecule has 0 spiro atoms. The third kappa shape index (κ3) is 4.21. The van der Waals surface area contributed by atoms with Gasteiger partial charge in [-0.15, -0.1) is 0 Å².